The SMILES string of the molecule is CCCOc1cc(C)nc(NC(CO)CO)n1. The summed E-state index contributed by atoms with van der Waals surface area (Å²) in [5, 5.41) is 20.7. The van der Waals surface area contributed by atoms with E-state index in [0.717, 1.165) is 12.1 Å². The van der Waals surface area contributed by atoms with Crippen molar-refractivity contribution in [3.8, 4) is 5.88 Å². The van der Waals surface area contributed by atoms with Gasteiger partial charge in [0.25, 0.3) is 0 Å². The maximum absolute atomic E-state index is 8.96. The molecular weight excluding hydrogens is 222 g/mol. The molecule has 6 nitrogen and oxygen atoms in total. The molecule has 0 atom stereocenters. The summed E-state index contributed by atoms with van der Waals surface area (Å²) in [7, 11) is 0. The van der Waals surface area contributed by atoms with Crippen molar-refractivity contribution >= 4 is 5.95 Å². The molecule has 0 bridgehead atoms. The van der Waals surface area contributed by atoms with Crippen LogP contribution in [0.5, 0.6) is 5.88 Å². The van der Waals surface area contributed by atoms with Gasteiger partial charge in [-0.05, 0) is 13.3 Å². The van der Waals surface area contributed by atoms with Gasteiger partial charge >= 0.3 is 0 Å². The number of nitrogens with one attached hydrogen (secondary N) is 1. The number of aliphatic hydroxyl groups is 2. The molecule has 0 saturated heterocycles. The molecule has 1 heterocycles. The number of nitrogens with zero attached hydrogens (tertiary/aromatic N) is 2. The van der Waals surface area contributed by atoms with Crippen LogP contribution < -0.4 is 10.1 Å². The molecule has 0 fully saturated rings. The van der Waals surface area contributed by atoms with Crippen molar-refractivity contribution in [2.75, 3.05) is 25.1 Å². The lowest BCUT2D eigenvalue weighted by atomic mass is 10.3. The normalized spacial score (nSPS) is 10.6. The number of hydrogen-bond acceptors (Lipinski definition) is 6. The number of aliphatic hydroxyl groups excluding tert-OH is 2. The average Bonchev–Trinajstić information content (AvgIpc) is 2.32. The third-order valence-electron chi connectivity index (χ3n) is 2.06. The summed E-state index contributed by atoms with van der Waals surface area (Å²) in [6, 6.07) is 1.28. The van der Waals surface area contributed by atoms with Crippen molar-refractivity contribution in [1.29, 1.82) is 0 Å². The minimum Gasteiger partial charge on any atom is -0.478 e. The van der Waals surface area contributed by atoms with E-state index in [4.69, 9.17) is 14.9 Å². The number of aryl methyl sites for hydroxylation is 1. The van der Waals surface area contributed by atoms with Gasteiger partial charge in [0.1, 0.15) is 0 Å². The molecule has 0 aliphatic carbocycles. The van der Waals surface area contributed by atoms with Crippen molar-refractivity contribution in [1.82, 2.24) is 9.97 Å². The summed E-state index contributed by atoms with van der Waals surface area (Å²) >= 11 is 0. The molecule has 1 aromatic heterocycles. The summed E-state index contributed by atoms with van der Waals surface area (Å²) < 4.78 is 5.41. The molecule has 1 aromatic rings. The molecule has 0 unspecified atom stereocenters. The lowest BCUT2D eigenvalue weighted by Crippen LogP contribution is -2.28. The first-order chi connectivity index (χ1) is 8.19. The molecule has 0 aliphatic rings. The van der Waals surface area contributed by atoms with Gasteiger partial charge < -0.3 is 20.3 Å². The maximum atomic E-state index is 8.96. The van der Waals surface area contributed by atoms with E-state index in [0.29, 0.717) is 18.4 Å². The van der Waals surface area contributed by atoms with Gasteiger partial charge in [0.15, 0.2) is 0 Å². The molecule has 0 saturated carbocycles. The summed E-state index contributed by atoms with van der Waals surface area (Å²) in [6.07, 6.45) is 0.904. The standard InChI is InChI=1S/C11H19N3O3/c1-3-4-17-10-5-8(2)12-11(14-10)13-9(6-15)7-16/h5,9,15-16H,3-4,6-7H2,1-2H3,(H,12,13,14). The zero-order chi connectivity index (χ0) is 12.7. The zero-order valence-corrected chi connectivity index (χ0v) is 10.2. The Hall–Kier alpha value is -1.40. The minimum atomic E-state index is -0.462. The molecule has 96 valence electrons. The highest BCUT2D eigenvalue weighted by molar-refractivity contribution is 5.31. The molecule has 0 amide bonds. The molecule has 0 radical (unpaired) electrons. The molecule has 0 aromatic carbocycles. The quantitative estimate of drug-likeness (QED) is 0.638. The second-order valence-corrected chi connectivity index (χ2v) is 3.73. The molecule has 3 N–H and O–H groups in total. The van der Waals surface area contributed by atoms with E-state index < -0.39 is 6.04 Å². The second-order valence-electron chi connectivity index (χ2n) is 3.73. The highest BCUT2D eigenvalue weighted by Gasteiger charge is 2.09. The van der Waals surface area contributed by atoms with E-state index >= 15 is 0 Å². The van der Waals surface area contributed by atoms with Gasteiger partial charge in [-0.2, -0.15) is 4.98 Å². The van der Waals surface area contributed by atoms with Crippen LogP contribution >= 0.6 is 0 Å². The van der Waals surface area contributed by atoms with Crippen molar-refractivity contribution < 1.29 is 14.9 Å². The largest absolute Gasteiger partial charge is 0.478 e. The van der Waals surface area contributed by atoms with Crippen molar-refractivity contribution in [3.05, 3.63) is 11.8 Å². The molecule has 17 heavy (non-hydrogen) atoms. The van der Waals surface area contributed by atoms with Crippen LogP contribution in [0, 0.1) is 6.92 Å². The van der Waals surface area contributed by atoms with Crippen LogP contribution in [-0.4, -0.2) is 46.0 Å². The fourth-order valence-electron chi connectivity index (χ4n) is 1.22. The summed E-state index contributed by atoms with van der Waals surface area (Å²) in [5.41, 5.74) is 0.767. The van der Waals surface area contributed by atoms with Gasteiger partial charge in [0.05, 0.1) is 25.9 Å². The Morgan fingerprint density at radius 2 is 2.06 bits per heavy atom. The fourth-order valence-corrected chi connectivity index (χ4v) is 1.22. The van der Waals surface area contributed by atoms with Gasteiger partial charge in [0.2, 0.25) is 11.8 Å². The third kappa shape index (κ3) is 4.54. The first-order valence-electron chi connectivity index (χ1n) is 5.66. The van der Waals surface area contributed by atoms with Gasteiger partial charge in [-0.15, -0.1) is 0 Å². The number of hydrogen-bond donors (Lipinski definition) is 3. The molecular formula is C11H19N3O3. The Kier molecular flexibility index (Phi) is 5.65. The summed E-state index contributed by atoms with van der Waals surface area (Å²) in [6.45, 7) is 4.08. The van der Waals surface area contributed by atoms with Crippen LogP contribution in [0.2, 0.25) is 0 Å². The third-order valence-corrected chi connectivity index (χ3v) is 2.06. The van der Waals surface area contributed by atoms with Gasteiger partial charge in [-0.25, -0.2) is 4.98 Å². The number of anilines is 1. The second kappa shape index (κ2) is 7.03. The van der Waals surface area contributed by atoms with Crippen molar-refractivity contribution in [2.24, 2.45) is 0 Å². The van der Waals surface area contributed by atoms with E-state index in [1.54, 1.807) is 6.07 Å². The first kappa shape index (κ1) is 13.7. The topological polar surface area (TPSA) is 87.5 Å². The first-order valence-corrected chi connectivity index (χ1v) is 5.66. The Labute approximate surface area is 101 Å². The lowest BCUT2D eigenvalue weighted by molar-refractivity contribution is 0.203. The van der Waals surface area contributed by atoms with E-state index in [2.05, 4.69) is 15.3 Å². The van der Waals surface area contributed by atoms with Gasteiger partial charge in [-0.3, -0.25) is 0 Å². The van der Waals surface area contributed by atoms with E-state index in [-0.39, 0.29) is 13.2 Å². The Balaban J connectivity index is 2.74. The Morgan fingerprint density at radius 3 is 2.65 bits per heavy atom. The van der Waals surface area contributed by atoms with Crippen LogP contribution in [0.3, 0.4) is 0 Å². The van der Waals surface area contributed by atoms with Gasteiger partial charge in [-0.1, -0.05) is 6.92 Å². The smallest absolute Gasteiger partial charge is 0.226 e. The zero-order valence-electron chi connectivity index (χ0n) is 10.2. The lowest BCUT2D eigenvalue weighted by Gasteiger charge is -2.14. The van der Waals surface area contributed by atoms with Crippen LogP contribution in [-0.2, 0) is 0 Å². The minimum absolute atomic E-state index is 0.182. The van der Waals surface area contributed by atoms with Crippen molar-refractivity contribution in [3.63, 3.8) is 0 Å². The van der Waals surface area contributed by atoms with Crippen molar-refractivity contribution in [2.45, 2.75) is 26.3 Å². The summed E-state index contributed by atoms with van der Waals surface area (Å²) in [5.74, 6) is 0.848. The van der Waals surface area contributed by atoms with E-state index in [9.17, 15) is 0 Å². The summed E-state index contributed by atoms with van der Waals surface area (Å²) in [4.78, 5) is 8.29. The fraction of sp³-hybridized carbons (Fsp3) is 0.636. The number of rotatable bonds is 7. The van der Waals surface area contributed by atoms with Crippen LogP contribution in [0.1, 0.15) is 19.0 Å². The predicted octanol–water partition coefficient (Wildman–Crippen LogP) is 0.339. The van der Waals surface area contributed by atoms with Crippen LogP contribution in [0.15, 0.2) is 6.07 Å². The molecule has 0 spiro atoms. The van der Waals surface area contributed by atoms with Crippen LogP contribution in [0.4, 0.5) is 5.95 Å². The average molecular weight is 241 g/mol. The Bertz CT molecular complexity index is 343. The highest BCUT2D eigenvalue weighted by Crippen LogP contribution is 2.12. The molecule has 0 aliphatic heterocycles. The van der Waals surface area contributed by atoms with E-state index in [1.807, 2.05) is 13.8 Å². The van der Waals surface area contributed by atoms with E-state index in [1.165, 1.54) is 0 Å². The Morgan fingerprint density at radius 1 is 1.35 bits per heavy atom. The van der Waals surface area contributed by atoms with Crippen LogP contribution in [0.25, 0.3) is 0 Å². The molecule has 1 rings (SSSR count). The molecule has 6 heteroatoms. The maximum Gasteiger partial charge on any atom is 0.226 e. The van der Waals surface area contributed by atoms with Gasteiger partial charge in [0, 0.05) is 11.8 Å². The highest BCUT2D eigenvalue weighted by atomic mass is 16.5. The monoisotopic (exact) mass is 241 g/mol. The predicted molar refractivity (Wildman–Crippen MR) is 64.1 cm³/mol. The number of aromatic nitrogens is 2. The number of ether oxygens (including phenoxy) is 1.